The normalized spacial score (nSPS) is 20.7. The Kier molecular flexibility index (Phi) is 5.77. The Hall–Kier alpha value is -0.610. The van der Waals surface area contributed by atoms with Crippen molar-refractivity contribution in [2.45, 2.75) is 51.2 Å². The molecule has 94 valence electrons. The summed E-state index contributed by atoms with van der Waals surface area (Å²) in [5.74, 6) is 0.708. The van der Waals surface area contributed by atoms with Gasteiger partial charge in [-0.3, -0.25) is 4.79 Å². The fourth-order valence-corrected chi connectivity index (χ4v) is 2.36. The van der Waals surface area contributed by atoms with Gasteiger partial charge in [-0.15, -0.1) is 0 Å². The Bertz CT molecular complexity index is 211. The van der Waals surface area contributed by atoms with Crippen LogP contribution in [-0.2, 0) is 9.53 Å². The number of amides is 1. The standard InChI is InChI=1S/C12H24N2O2/c1-9(10-5-3-4-6-10)14-12(15)7-11(8-13)16-2/h9-11H,3-8,13H2,1-2H3,(H,14,15). The number of methoxy groups -OCH3 is 1. The second kappa shape index (κ2) is 6.86. The molecule has 1 rings (SSSR count). The van der Waals surface area contributed by atoms with Gasteiger partial charge in [0, 0.05) is 19.7 Å². The number of hydrogen-bond acceptors (Lipinski definition) is 3. The number of hydrogen-bond donors (Lipinski definition) is 2. The van der Waals surface area contributed by atoms with Gasteiger partial charge in [-0.25, -0.2) is 0 Å². The molecule has 0 spiro atoms. The van der Waals surface area contributed by atoms with E-state index in [1.165, 1.54) is 25.7 Å². The quantitative estimate of drug-likeness (QED) is 0.714. The highest BCUT2D eigenvalue weighted by Gasteiger charge is 2.23. The first-order valence-electron chi connectivity index (χ1n) is 6.19. The van der Waals surface area contributed by atoms with Crippen LogP contribution in [0.4, 0.5) is 0 Å². The van der Waals surface area contributed by atoms with Gasteiger partial charge in [-0.2, -0.15) is 0 Å². The molecule has 2 atom stereocenters. The molecule has 16 heavy (non-hydrogen) atoms. The molecule has 1 fully saturated rings. The van der Waals surface area contributed by atoms with Crippen LogP contribution in [0.1, 0.15) is 39.0 Å². The third-order valence-electron chi connectivity index (χ3n) is 3.50. The molecule has 3 N–H and O–H groups in total. The summed E-state index contributed by atoms with van der Waals surface area (Å²) in [6.07, 6.45) is 5.29. The molecule has 2 unspecified atom stereocenters. The number of rotatable bonds is 6. The first-order valence-corrected chi connectivity index (χ1v) is 6.19. The van der Waals surface area contributed by atoms with Gasteiger partial charge in [-0.1, -0.05) is 12.8 Å². The van der Waals surface area contributed by atoms with Crippen LogP contribution in [0.25, 0.3) is 0 Å². The van der Waals surface area contributed by atoms with E-state index in [9.17, 15) is 4.79 Å². The van der Waals surface area contributed by atoms with Crippen molar-refractivity contribution in [3.63, 3.8) is 0 Å². The molecule has 0 radical (unpaired) electrons. The van der Waals surface area contributed by atoms with E-state index >= 15 is 0 Å². The first kappa shape index (κ1) is 13.5. The lowest BCUT2D eigenvalue weighted by Crippen LogP contribution is -2.40. The first-order chi connectivity index (χ1) is 7.67. The number of carbonyl (C=O) groups is 1. The molecule has 0 aromatic heterocycles. The van der Waals surface area contributed by atoms with Crippen molar-refractivity contribution < 1.29 is 9.53 Å². The van der Waals surface area contributed by atoms with Crippen molar-refractivity contribution in [3.05, 3.63) is 0 Å². The molecule has 0 aromatic carbocycles. The number of carbonyl (C=O) groups excluding carboxylic acids is 1. The predicted octanol–water partition coefficient (Wildman–Crippen LogP) is 1.05. The Morgan fingerprint density at radius 3 is 2.62 bits per heavy atom. The highest BCUT2D eigenvalue weighted by molar-refractivity contribution is 5.76. The van der Waals surface area contributed by atoms with Gasteiger partial charge in [0.2, 0.25) is 5.91 Å². The lowest BCUT2D eigenvalue weighted by Gasteiger charge is -2.21. The van der Waals surface area contributed by atoms with Crippen LogP contribution < -0.4 is 11.1 Å². The summed E-state index contributed by atoms with van der Waals surface area (Å²) in [6, 6.07) is 0.283. The summed E-state index contributed by atoms with van der Waals surface area (Å²) < 4.78 is 5.09. The van der Waals surface area contributed by atoms with Gasteiger partial charge in [-0.05, 0) is 25.7 Å². The topological polar surface area (TPSA) is 64.3 Å². The van der Waals surface area contributed by atoms with Crippen LogP contribution in [-0.4, -0.2) is 31.7 Å². The van der Waals surface area contributed by atoms with Crippen molar-refractivity contribution >= 4 is 5.91 Å². The summed E-state index contributed by atoms with van der Waals surface area (Å²) in [4.78, 5) is 11.7. The van der Waals surface area contributed by atoms with E-state index in [2.05, 4.69) is 12.2 Å². The van der Waals surface area contributed by atoms with E-state index in [0.717, 1.165) is 0 Å². The smallest absolute Gasteiger partial charge is 0.222 e. The molecule has 1 aliphatic rings. The number of ether oxygens (including phenoxy) is 1. The fraction of sp³-hybridized carbons (Fsp3) is 0.917. The third kappa shape index (κ3) is 4.10. The van der Waals surface area contributed by atoms with E-state index in [-0.39, 0.29) is 18.1 Å². The molecular formula is C12H24N2O2. The summed E-state index contributed by atoms with van der Waals surface area (Å²) >= 11 is 0. The lowest BCUT2D eigenvalue weighted by atomic mass is 9.99. The van der Waals surface area contributed by atoms with Crippen LogP contribution in [0.15, 0.2) is 0 Å². The molecule has 0 saturated heterocycles. The number of nitrogens with two attached hydrogens (primary N) is 1. The average molecular weight is 228 g/mol. The molecule has 0 aliphatic heterocycles. The molecule has 0 bridgehead atoms. The molecule has 1 aliphatic carbocycles. The second-order valence-corrected chi connectivity index (χ2v) is 4.70. The Morgan fingerprint density at radius 1 is 1.50 bits per heavy atom. The van der Waals surface area contributed by atoms with E-state index in [4.69, 9.17) is 10.5 Å². The van der Waals surface area contributed by atoms with Crippen LogP contribution in [0.2, 0.25) is 0 Å². The second-order valence-electron chi connectivity index (χ2n) is 4.70. The van der Waals surface area contributed by atoms with Crippen molar-refractivity contribution in [2.24, 2.45) is 11.7 Å². The van der Waals surface area contributed by atoms with Crippen LogP contribution in [0.5, 0.6) is 0 Å². The van der Waals surface area contributed by atoms with E-state index in [1.807, 2.05) is 0 Å². The SMILES string of the molecule is COC(CN)CC(=O)NC(C)C1CCCC1. The predicted molar refractivity (Wildman–Crippen MR) is 64.0 cm³/mol. The van der Waals surface area contributed by atoms with Gasteiger partial charge in [0.1, 0.15) is 0 Å². The molecule has 0 aromatic rings. The average Bonchev–Trinajstić information content (AvgIpc) is 2.79. The molecule has 4 heteroatoms. The van der Waals surface area contributed by atoms with Gasteiger partial charge < -0.3 is 15.8 Å². The molecule has 1 amide bonds. The summed E-state index contributed by atoms with van der Waals surface area (Å²) in [7, 11) is 1.59. The molecule has 1 saturated carbocycles. The minimum atomic E-state index is -0.157. The largest absolute Gasteiger partial charge is 0.380 e. The molecule has 4 nitrogen and oxygen atoms in total. The lowest BCUT2D eigenvalue weighted by molar-refractivity contribution is -0.124. The summed E-state index contributed by atoms with van der Waals surface area (Å²) in [5.41, 5.74) is 5.48. The Labute approximate surface area is 97.9 Å². The third-order valence-corrected chi connectivity index (χ3v) is 3.50. The molecular weight excluding hydrogens is 204 g/mol. The van der Waals surface area contributed by atoms with Crippen molar-refractivity contribution in [3.8, 4) is 0 Å². The van der Waals surface area contributed by atoms with Crippen LogP contribution >= 0.6 is 0 Å². The zero-order chi connectivity index (χ0) is 12.0. The number of nitrogens with one attached hydrogen (secondary N) is 1. The van der Waals surface area contributed by atoms with Gasteiger partial charge >= 0.3 is 0 Å². The van der Waals surface area contributed by atoms with Gasteiger partial charge in [0.05, 0.1) is 12.5 Å². The van der Waals surface area contributed by atoms with E-state index in [1.54, 1.807) is 7.11 Å². The van der Waals surface area contributed by atoms with E-state index in [0.29, 0.717) is 18.9 Å². The Morgan fingerprint density at radius 2 is 2.12 bits per heavy atom. The molecule has 0 heterocycles. The summed E-state index contributed by atoms with van der Waals surface area (Å²) in [5, 5.41) is 3.05. The highest BCUT2D eigenvalue weighted by atomic mass is 16.5. The van der Waals surface area contributed by atoms with Crippen molar-refractivity contribution in [1.29, 1.82) is 0 Å². The van der Waals surface area contributed by atoms with Crippen LogP contribution in [0, 0.1) is 5.92 Å². The zero-order valence-electron chi connectivity index (χ0n) is 10.4. The zero-order valence-corrected chi connectivity index (χ0v) is 10.4. The maximum Gasteiger partial charge on any atom is 0.222 e. The van der Waals surface area contributed by atoms with Crippen LogP contribution in [0.3, 0.4) is 0 Å². The maximum atomic E-state index is 11.7. The summed E-state index contributed by atoms with van der Waals surface area (Å²) in [6.45, 7) is 2.49. The van der Waals surface area contributed by atoms with E-state index < -0.39 is 0 Å². The minimum Gasteiger partial charge on any atom is -0.380 e. The maximum absolute atomic E-state index is 11.7. The van der Waals surface area contributed by atoms with Crippen molar-refractivity contribution in [1.82, 2.24) is 5.32 Å². The monoisotopic (exact) mass is 228 g/mol. The van der Waals surface area contributed by atoms with Gasteiger partial charge in [0.25, 0.3) is 0 Å². The fourth-order valence-electron chi connectivity index (χ4n) is 2.36. The minimum absolute atomic E-state index is 0.0525. The van der Waals surface area contributed by atoms with Crippen molar-refractivity contribution in [2.75, 3.05) is 13.7 Å². The highest BCUT2D eigenvalue weighted by Crippen LogP contribution is 2.27. The van der Waals surface area contributed by atoms with Gasteiger partial charge in [0.15, 0.2) is 0 Å². The Balaban J connectivity index is 2.26.